The fourth-order valence-corrected chi connectivity index (χ4v) is 1.96. The highest BCUT2D eigenvalue weighted by Gasteiger charge is 2.19. The molecule has 23 heavy (non-hydrogen) atoms. The minimum absolute atomic E-state index is 0.0622. The van der Waals surface area contributed by atoms with Crippen LogP contribution in [0.25, 0.3) is 0 Å². The molecule has 1 rings (SSSR count). The third kappa shape index (κ3) is 5.28. The Hall–Kier alpha value is -2.57. The molecule has 0 bridgehead atoms. The largest absolute Gasteiger partial charge is 0.452 e. The van der Waals surface area contributed by atoms with Crippen LogP contribution in [0.15, 0.2) is 18.2 Å². The molecular formula is C16H23N3O4. The summed E-state index contributed by atoms with van der Waals surface area (Å²) in [7, 11) is 0. The Kier molecular flexibility index (Phi) is 7.05. The molecule has 0 saturated carbocycles. The number of carbonyl (C=O) groups is 3. The molecule has 126 valence electrons. The summed E-state index contributed by atoms with van der Waals surface area (Å²) in [6.45, 7) is 5.67. The van der Waals surface area contributed by atoms with Gasteiger partial charge in [-0.2, -0.15) is 0 Å². The van der Waals surface area contributed by atoms with Crippen LogP contribution in [0, 0.1) is 6.92 Å². The van der Waals surface area contributed by atoms with Gasteiger partial charge in [0, 0.05) is 18.8 Å². The lowest BCUT2D eigenvalue weighted by molar-refractivity contribution is -0.138. The van der Waals surface area contributed by atoms with Crippen LogP contribution in [0.1, 0.15) is 29.8 Å². The molecule has 0 atom stereocenters. The van der Waals surface area contributed by atoms with Crippen LogP contribution in [-0.2, 0) is 14.3 Å². The van der Waals surface area contributed by atoms with Crippen LogP contribution in [-0.4, -0.2) is 48.9 Å². The molecule has 0 radical (unpaired) electrons. The number of hydrogen-bond acceptors (Lipinski definition) is 5. The minimum Gasteiger partial charge on any atom is -0.452 e. The number of hydrogen-bond donors (Lipinski definition) is 2. The highest BCUT2D eigenvalue weighted by atomic mass is 16.5. The fraction of sp³-hybridized carbons (Fsp3) is 0.438. The number of benzene rings is 1. The number of anilines is 1. The summed E-state index contributed by atoms with van der Waals surface area (Å²) in [5.41, 5.74) is 7.15. The lowest BCUT2D eigenvalue weighted by Crippen LogP contribution is -2.42. The molecule has 0 aromatic heterocycles. The molecule has 1 aromatic rings. The van der Waals surface area contributed by atoms with E-state index in [4.69, 9.17) is 10.5 Å². The summed E-state index contributed by atoms with van der Waals surface area (Å²) in [5, 5.41) is 2.61. The van der Waals surface area contributed by atoms with Crippen molar-refractivity contribution in [2.24, 2.45) is 0 Å². The molecule has 3 N–H and O–H groups in total. The number of nitrogens with two attached hydrogens (primary N) is 1. The number of carbonyl (C=O) groups excluding carboxylic acids is 3. The zero-order valence-corrected chi connectivity index (χ0v) is 13.7. The summed E-state index contributed by atoms with van der Waals surface area (Å²) >= 11 is 0. The molecule has 7 heteroatoms. The average Bonchev–Trinajstić information content (AvgIpc) is 2.52. The Morgan fingerprint density at radius 3 is 2.57 bits per heavy atom. The van der Waals surface area contributed by atoms with E-state index in [1.165, 1.54) is 4.90 Å². The van der Waals surface area contributed by atoms with E-state index >= 15 is 0 Å². The summed E-state index contributed by atoms with van der Waals surface area (Å²) in [5.74, 6) is -1.34. The normalized spacial score (nSPS) is 10.0. The topological polar surface area (TPSA) is 102 Å². The third-order valence-corrected chi connectivity index (χ3v) is 3.31. The quantitative estimate of drug-likeness (QED) is 0.569. The van der Waals surface area contributed by atoms with E-state index in [9.17, 15) is 14.4 Å². The molecule has 0 aliphatic heterocycles. The van der Waals surface area contributed by atoms with Gasteiger partial charge in [-0.3, -0.25) is 9.59 Å². The number of amides is 2. The average molecular weight is 321 g/mol. The van der Waals surface area contributed by atoms with Crippen LogP contribution in [0.4, 0.5) is 5.69 Å². The van der Waals surface area contributed by atoms with E-state index in [0.717, 1.165) is 5.56 Å². The molecule has 0 aliphatic rings. The van der Waals surface area contributed by atoms with Crippen molar-refractivity contribution in [1.82, 2.24) is 10.2 Å². The molecule has 1 aromatic carbocycles. The van der Waals surface area contributed by atoms with Gasteiger partial charge in [-0.15, -0.1) is 0 Å². The van der Waals surface area contributed by atoms with Crippen LogP contribution >= 0.6 is 0 Å². The fourth-order valence-electron chi connectivity index (χ4n) is 1.96. The maximum Gasteiger partial charge on any atom is 0.340 e. The van der Waals surface area contributed by atoms with E-state index in [2.05, 4.69) is 5.32 Å². The molecule has 0 saturated heterocycles. The maximum absolute atomic E-state index is 12.0. The van der Waals surface area contributed by atoms with E-state index in [0.29, 0.717) is 18.8 Å². The molecule has 2 amide bonds. The first-order chi connectivity index (χ1) is 10.9. The van der Waals surface area contributed by atoms with Gasteiger partial charge in [-0.25, -0.2) is 4.79 Å². The number of esters is 1. The van der Waals surface area contributed by atoms with Crippen molar-refractivity contribution in [2.75, 3.05) is 32.0 Å². The zero-order chi connectivity index (χ0) is 17.4. The van der Waals surface area contributed by atoms with E-state index in [1.807, 2.05) is 0 Å². The van der Waals surface area contributed by atoms with E-state index < -0.39 is 18.5 Å². The van der Waals surface area contributed by atoms with E-state index in [1.54, 1.807) is 39.0 Å². The molecule has 0 fully saturated rings. The second-order valence-electron chi connectivity index (χ2n) is 4.97. The van der Waals surface area contributed by atoms with Crippen LogP contribution in [0.2, 0.25) is 0 Å². The number of rotatable bonds is 7. The minimum atomic E-state index is -0.659. The van der Waals surface area contributed by atoms with Gasteiger partial charge in [0.25, 0.3) is 5.91 Å². The smallest absolute Gasteiger partial charge is 0.340 e. The number of nitrogens with one attached hydrogen (secondary N) is 1. The van der Waals surface area contributed by atoms with Crippen LogP contribution in [0.5, 0.6) is 0 Å². The second-order valence-corrected chi connectivity index (χ2v) is 4.97. The van der Waals surface area contributed by atoms with Crippen LogP contribution < -0.4 is 11.1 Å². The van der Waals surface area contributed by atoms with Gasteiger partial charge in [0.2, 0.25) is 5.91 Å². The first kappa shape index (κ1) is 18.5. The number of ether oxygens (including phenoxy) is 1. The Balaban J connectivity index is 2.61. The first-order valence-electron chi connectivity index (χ1n) is 7.47. The van der Waals surface area contributed by atoms with Crippen molar-refractivity contribution in [3.05, 3.63) is 29.3 Å². The molecule has 0 spiro atoms. The third-order valence-electron chi connectivity index (χ3n) is 3.31. The van der Waals surface area contributed by atoms with E-state index in [-0.39, 0.29) is 18.0 Å². The van der Waals surface area contributed by atoms with Crippen molar-refractivity contribution in [1.29, 1.82) is 0 Å². The number of para-hydroxylation sites is 1. The summed E-state index contributed by atoms with van der Waals surface area (Å²) < 4.78 is 5.01. The Morgan fingerprint density at radius 1 is 1.26 bits per heavy atom. The summed E-state index contributed by atoms with van der Waals surface area (Å²) in [6.07, 6.45) is 0. The van der Waals surface area contributed by atoms with Gasteiger partial charge in [0.15, 0.2) is 6.61 Å². The number of nitrogen functional groups attached to an aromatic ring is 1. The Morgan fingerprint density at radius 2 is 1.96 bits per heavy atom. The number of aryl methyl sites for hydroxylation is 1. The van der Waals surface area contributed by atoms with Gasteiger partial charge in [0.05, 0.1) is 12.1 Å². The number of likely N-dealkylation sites (N-methyl/N-ethyl adjacent to an activating group) is 2. The molecule has 7 nitrogen and oxygen atoms in total. The number of nitrogens with zero attached hydrogens (tertiary/aromatic N) is 1. The lowest BCUT2D eigenvalue weighted by atomic mass is 10.1. The molecule has 0 aliphatic carbocycles. The molecule has 0 heterocycles. The van der Waals surface area contributed by atoms with Gasteiger partial charge in [-0.05, 0) is 32.4 Å². The summed E-state index contributed by atoms with van der Waals surface area (Å²) in [6, 6.07) is 5.02. The SMILES string of the molecule is CCNC(=O)CN(CC)C(=O)COC(=O)c1cccc(C)c1N. The highest BCUT2D eigenvalue weighted by Crippen LogP contribution is 2.17. The molecular weight excluding hydrogens is 298 g/mol. The van der Waals surface area contributed by atoms with Crippen molar-refractivity contribution in [3.8, 4) is 0 Å². The predicted octanol–water partition coefficient (Wildman–Crippen LogP) is 0.719. The second kappa shape index (κ2) is 8.77. The van der Waals surface area contributed by atoms with Gasteiger partial charge in [0.1, 0.15) is 0 Å². The van der Waals surface area contributed by atoms with Crippen molar-refractivity contribution in [2.45, 2.75) is 20.8 Å². The maximum atomic E-state index is 12.0. The highest BCUT2D eigenvalue weighted by molar-refractivity contribution is 5.97. The van der Waals surface area contributed by atoms with Crippen molar-refractivity contribution < 1.29 is 19.1 Å². The standard InChI is InChI=1S/C16H23N3O4/c1-4-18-13(20)9-19(5-2)14(21)10-23-16(22)12-8-6-7-11(3)15(12)17/h6-8H,4-5,9-10,17H2,1-3H3,(H,18,20). The Labute approximate surface area is 135 Å². The van der Waals surface area contributed by atoms with Gasteiger partial charge in [-0.1, -0.05) is 12.1 Å². The van der Waals surface area contributed by atoms with Gasteiger partial charge >= 0.3 is 5.97 Å². The van der Waals surface area contributed by atoms with Crippen molar-refractivity contribution >= 4 is 23.5 Å². The lowest BCUT2D eigenvalue weighted by Gasteiger charge is -2.20. The first-order valence-corrected chi connectivity index (χ1v) is 7.47. The Bertz CT molecular complexity index is 587. The zero-order valence-electron chi connectivity index (χ0n) is 13.7. The monoisotopic (exact) mass is 321 g/mol. The molecule has 0 unspecified atom stereocenters. The summed E-state index contributed by atoms with van der Waals surface area (Å²) in [4.78, 5) is 36.9. The van der Waals surface area contributed by atoms with Crippen molar-refractivity contribution in [3.63, 3.8) is 0 Å². The van der Waals surface area contributed by atoms with Crippen LogP contribution in [0.3, 0.4) is 0 Å². The van der Waals surface area contributed by atoms with Gasteiger partial charge < -0.3 is 20.7 Å². The predicted molar refractivity (Wildman–Crippen MR) is 86.8 cm³/mol.